The Morgan fingerprint density at radius 1 is 0.923 bits per heavy atom. The van der Waals surface area contributed by atoms with E-state index in [9.17, 15) is 0 Å². The largest absolute Gasteiger partial charge is 0.337 e. The van der Waals surface area contributed by atoms with E-state index in [4.69, 9.17) is 11.6 Å². The van der Waals surface area contributed by atoms with Crippen LogP contribution in [0.3, 0.4) is 0 Å². The van der Waals surface area contributed by atoms with Crippen molar-refractivity contribution in [3.63, 3.8) is 0 Å². The van der Waals surface area contributed by atoms with Crippen molar-refractivity contribution in [2.45, 2.75) is 45.6 Å². The molecule has 2 aromatic carbocycles. The molecular weight excluding hydrogens is 340 g/mol. The molecule has 2 nitrogen and oxygen atoms in total. The molecule has 0 aliphatic rings. The van der Waals surface area contributed by atoms with Crippen molar-refractivity contribution in [1.82, 2.24) is 9.55 Å². The second kappa shape index (κ2) is 9.05. The van der Waals surface area contributed by atoms with E-state index in [0.717, 1.165) is 37.3 Å². The monoisotopic (exact) mass is 366 g/mol. The molecule has 0 saturated carbocycles. The second-order valence-electron chi connectivity index (χ2n) is 7.20. The highest BCUT2D eigenvalue weighted by Crippen LogP contribution is 2.36. The normalized spacial score (nSPS) is 13.5. The smallest absolute Gasteiger partial charge is 0.0946 e. The van der Waals surface area contributed by atoms with Gasteiger partial charge in [0.25, 0.3) is 0 Å². The Balaban J connectivity index is 1.73. The second-order valence-corrected chi connectivity index (χ2v) is 7.64. The molecule has 0 bridgehead atoms. The number of aromatic nitrogens is 2. The number of halogens is 1. The average Bonchev–Trinajstić information content (AvgIpc) is 3.19. The summed E-state index contributed by atoms with van der Waals surface area (Å²) in [7, 11) is 0. The molecule has 0 fully saturated rings. The summed E-state index contributed by atoms with van der Waals surface area (Å²) in [4.78, 5) is 4.24. The molecule has 1 unspecified atom stereocenters. The quantitative estimate of drug-likeness (QED) is 0.441. The minimum Gasteiger partial charge on any atom is -0.337 e. The zero-order valence-electron chi connectivity index (χ0n) is 15.4. The van der Waals surface area contributed by atoms with Crippen LogP contribution in [-0.2, 0) is 19.4 Å². The maximum absolute atomic E-state index is 6.03. The first-order valence-electron chi connectivity index (χ1n) is 9.43. The molecule has 0 aliphatic heterocycles. The van der Waals surface area contributed by atoms with Gasteiger partial charge in [-0.1, -0.05) is 61.0 Å². The number of rotatable bonds is 9. The van der Waals surface area contributed by atoms with Gasteiger partial charge in [-0.15, -0.1) is 0 Å². The Hall–Kier alpha value is -2.06. The van der Waals surface area contributed by atoms with Crippen LogP contribution in [0.25, 0.3) is 0 Å². The van der Waals surface area contributed by atoms with E-state index in [-0.39, 0.29) is 5.41 Å². The van der Waals surface area contributed by atoms with Gasteiger partial charge in [0.1, 0.15) is 0 Å². The van der Waals surface area contributed by atoms with E-state index in [2.05, 4.69) is 65.1 Å². The lowest BCUT2D eigenvalue weighted by molar-refractivity contribution is 0.190. The summed E-state index contributed by atoms with van der Waals surface area (Å²) in [6.07, 6.45) is 11.6. The summed E-state index contributed by atoms with van der Waals surface area (Å²) in [5, 5.41) is 0.804. The first kappa shape index (κ1) is 18.7. The lowest BCUT2D eigenvalue weighted by Crippen LogP contribution is -2.27. The van der Waals surface area contributed by atoms with Crippen molar-refractivity contribution < 1.29 is 0 Å². The molecular formula is C23H27ClN2. The molecule has 1 heterocycles. The highest BCUT2D eigenvalue weighted by atomic mass is 35.5. The predicted molar refractivity (Wildman–Crippen MR) is 109 cm³/mol. The van der Waals surface area contributed by atoms with Gasteiger partial charge in [-0.05, 0) is 60.8 Å². The van der Waals surface area contributed by atoms with Crippen LogP contribution in [0.2, 0.25) is 5.02 Å². The minimum absolute atomic E-state index is 0.260. The minimum atomic E-state index is 0.260. The number of nitrogens with zero attached hydrogens (tertiary/aromatic N) is 2. The standard InChI is InChI=1S/C23H27ClN2/c1-2-23(18-26-17-16-25-19-26,14-12-20-6-4-3-5-7-20)15-13-21-8-10-22(24)11-9-21/h3-11,16-17,19H,2,12-15,18H2,1H3. The molecule has 1 atom stereocenters. The summed E-state index contributed by atoms with van der Waals surface area (Å²) in [6.45, 7) is 3.34. The first-order chi connectivity index (χ1) is 12.7. The van der Waals surface area contributed by atoms with E-state index in [0.29, 0.717) is 0 Å². The van der Waals surface area contributed by atoms with Crippen molar-refractivity contribution in [3.8, 4) is 0 Å². The predicted octanol–water partition coefficient (Wildman–Crippen LogP) is 6.20. The summed E-state index contributed by atoms with van der Waals surface area (Å²) in [5.41, 5.74) is 3.04. The van der Waals surface area contributed by atoms with Gasteiger partial charge < -0.3 is 4.57 Å². The van der Waals surface area contributed by atoms with Crippen LogP contribution in [0.4, 0.5) is 0 Å². The number of hydrogen-bond donors (Lipinski definition) is 0. The van der Waals surface area contributed by atoms with Gasteiger partial charge >= 0.3 is 0 Å². The van der Waals surface area contributed by atoms with Crippen molar-refractivity contribution in [3.05, 3.63) is 89.5 Å². The van der Waals surface area contributed by atoms with Gasteiger partial charge in [-0.3, -0.25) is 0 Å². The SMILES string of the molecule is CCC(CCc1ccccc1)(CCc1ccc(Cl)cc1)Cn1ccnc1. The van der Waals surface area contributed by atoms with Crippen LogP contribution in [-0.4, -0.2) is 9.55 Å². The van der Waals surface area contributed by atoms with Gasteiger partial charge in [0, 0.05) is 24.0 Å². The highest BCUT2D eigenvalue weighted by molar-refractivity contribution is 6.30. The van der Waals surface area contributed by atoms with Gasteiger partial charge in [0.15, 0.2) is 0 Å². The maximum Gasteiger partial charge on any atom is 0.0946 e. The molecule has 0 N–H and O–H groups in total. The van der Waals surface area contributed by atoms with Crippen LogP contribution in [0, 0.1) is 5.41 Å². The highest BCUT2D eigenvalue weighted by Gasteiger charge is 2.28. The average molecular weight is 367 g/mol. The van der Waals surface area contributed by atoms with E-state index in [1.165, 1.54) is 17.5 Å². The first-order valence-corrected chi connectivity index (χ1v) is 9.81. The fourth-order valence-corrected chi connectivity index (χ4v) is 3.76. The zero-order valence-corrected chi connectivity index (χ0v) is 16.2. The summed E-state index contributed by atoms with van der Waals surface area (Å²) in [6, 6.07) is 19.1. The molecule has 0 saturated heterocycles. The fourth-order valence-electron chi connectivity index (χ4n) is 3.63. The van der Waals surface area contributed by atoms with Gasteiger partial charge in [0.05, 0.1) is 6.33 Å². The van der Waals surface area contributed by atoms with Crippen LogP contribution in [0.5, 0.6) is 0 Å². The Kier molecular flexibility index (Phi) is 6.51. The lowest BCUT2D eigenvalue weighted by atomic mass is 9.75. The molecule has 0 amide bonds. The van der Waals surface area contributed by atoms with Gasteiger partial charge in [0.2, 0.25) is 0 Å². The van der Waals surface area contributed by atoms with Crippen molar-refractivity contribution in [1.29, 1.82) is 0 Å². The van der Waals surface area contributed by atoms with E-state index >= 15 is 0 Å². The fraction of sp³-hybridized carbons (Fsp3) is 0.348. The third-order valence-corrected chi connectivity index (χ3v) is 5.72. The third kappa shape index (κ3) is 5.22. The maximum atomic E-state index is 6.03. The summed E-state index contributed by atoms with van der Waals surface area (Å²) in [5.74, 6) is 0. The number of aryl methyl sites for hydroxylation is 2. The molecule has 0 spiro atoms. The van der Waals surface area contributed by atoms with Crippen LogP contribution in [0.15, 0.2) is 73.3 Å². The molecule has 3 rings (SSSR count). The van der Waals surface area contributed by atoms with Crippen LogP contribution in [0.1, 0.15) is 37.3 Å². The Morgan fingerprint density at radius 2 is 1.58 bits per heavy atom. The number of imidazole rings is 1. The molecule has 26 heavy (non-hydrogen) atoms. The van der Waals surface area contributed by atoms with Crippen molar-refractivity contribution in [2.75, 3.05) is 0 Å². The molecule has 136 valence electrons. The summed E-state index contributed by atoms with van der Waals surface area (Å²) < 4.78 is 2.23. The van der Waals surface area contributed by atoms with Gasteiger partial charge in [-0.2, -0.15) is 0 Å². The Morgan fingerprint density at radius 3 is 2.15 bits per heavy atom. The van der Waals surface area contributed by atoms with E-state index in [1.54, 1.807) is 0 Å². The Labute approximate surface area is 161 Å². The molecule has 3 heteroatoms. The summed E-state index contributed by atoms with van der Waals surface area (Å²) >= 11 is 6.03. The number of benzene rings is 2. The third-order valence-electron chi connectivity index (χ3n) is 5.47. The van der Waals surface area contributed by atoms with Crippen molar-refractivity contribution >= 4 is 11.6 Å². The van der Waals surface area contributed by atoms with E-state index < -0.39 is 0 Å². The molecule has 0 radical (unpaired) electrons. The topological polar surface area (TPSA) is 17.8 Å². The van der Waals surface area contributed by atoms with Crippen molar-refractivity contribution in [2.24, 2.45) is 5.41 Å². The van der Waals surface area contributed by atoms with Crippen LogP contribution < -0.4 is 0 Å². The molecule has 0 aliphatic carbocycles. The zero-order chi connectivity index (χ0) is 18.2. The lowest BCUT2D eigenvalue weighted by Gasteiger charge is -2.34. The van der Waals surface area contributed by atoms with Gasteiger partial charge in [-0.25, -0.2) is 4.98 Å². The molecule has 1 aromatic heterocycles. The number of hydrogen-bond acceptors (Lipinski definition) is 1. The Bertz CT molecular complexity index is 766. The molecule has 3 aromatic rings. The van der Waals surface area contributed by atoms with E-state index in [1.807, 2.05) is 24.7 Å². The van der Waals surface area contributed by atoms with Crippen LogP contribution >= 0.6 is 11.6 Å².